The number of halogens is 1. The van der Waals surface area contributed by atoms with Crippen molar-refractivity contribution in [1.82, 2.24) is 0 Å². The molecule has 38 valence electrons. The van der Waals surface area contributed by atoms with Gasteiger partial charge >= 0.3 is 0 Å². The standard InChI is InChI=1S/C2H4O2.ClHS/c1-4-2-3;1-2/h2H,1H3;2H. The van der Waals surface area contributed by atoms with E-state index in [0.717, 1.165) is 0 Å². The van der Waals surface area contributed by atoms with Crippen LogP contribution in [0, 0.1) is 0 Å². The van der Waals surface area contributed by atoms with Gasteiger partial charge in [-0.15, -0.1) is 0 Å². The normalized spacial score (nSPS) is 4.50. The summed E-state index contributed by atoms with van der Waals surface area (Å²) in [6.07, 6.45) is 0. The predicted molar refractivity (Wildman–Crippen MR) is 27.9 cm³/mol. The number of carbonyl (C=O) groups excluding carboxylic acids is 1. The zero-order chi connectivity index (χ0) is 5.41. The van der Waals surface area contributed by atoms with E-state index in [4.69, 9.17) is 4.79 Å². The largest absolute Gasteiger partial charge is 0.471 e. The maximum absolute atomic E-state index is 8.95. The van der Waals surface area contributed by atoms with Crippen LogP contribution in [0.15, 0.2) is 0 Å². The van der Waals surface area contributed by atoms with Crippen LogP contribution in [0.2, 0.25) is 0 Å². The van der Waals surface area contributed by atoms with Crippen LogP contribution in [0.3, 0.4) is 0 Å². The van der Waals surface area contributed by atoms with Gasteiger partial charge in [0.05, 0.1) is 7.11 Å². The summed E-state index contributed by atoms with van der Waals surface area (Å²) in [4.78, 5) is 8.95. The van der Waals surface area contributed by atoms with E-state index < -0.39 is 0 Å². The zero-order valence-electron chi connectivity index (χ0n) is 3.22. The summed E-state index contributed by atoms with van der Waals surface area (Å²) in [6.45, 7) is 0.375. The van der Waals surface area contributed by atoms with Gasteiger partial charge in [0.2, 0.25) is 0 Å². The summed E-state index contributed by atoms with van der Waals surface area (Å²) in [6, 6.07) is 0. The van der Waals surface area contributed by atoms with Crippen molar-refractivity contribution in [2.45, 2.75) is 0 Å². The minimum atomic E-state index is 0.375. The van der Waals surface area contributed by atoms with Gasteiger partial charge in [0, 0.05) is 0 Å². The Morgan fingerprint density at radius 3 is 2.00 bits per heavy atom. The molecule has 0 amide bonds. The van der Waals surface area contributed by atoms with Gasteiger partial charge in [0.1, 0.15) is 0 Å². The van der Waals surface area contributed by atoms with E-state index in [0.29, 0.717) is 6.47 Å². The van der Waals surface area contributed by atoms with Crippen LogP contribution in [0.1, 0.15) is 0 Å². The molecule has 0 saturated heterocycles. The van der Waals surface area contributed by atoms with E-state index >= 15 is 0 Å². The molecule has 0 aromatic rings. The second kappa shape index (κ2) is 19.4. The smallest absolute Gasteiger partial charge is 0.292 e. The second-order valence-electron chi connectivity index (χ2n) is 0.332. The molecule has 0 aromatic heterocycles. The SMILES string of the molecule is COC=O.SCl. The number of thiol groups is 1. The van der Waals surface area contributed by atoms with Crippen molar-refractivity contribution in [3.63, 3.8) is 0 Å². The molecule has 0 aliphatic rings. The highest BCUT2D eigenvalue weighted by Crippen LogP contribution is 1.67. The average molecular weight is 129 g/mol. The fourth-order valence-corrected chi connectivity index (χ4v) is 0. The fraction of sp³-hybridized carbons (Fsp3) is 0.500. The van der Waals surface area contributed by atoms with Crippen LogP contribution in [0.25, 0.3) is 0 Å². The van der Waals surface area contributed by atoms with E-state index in [9.17, 15) is 0 Å². The predicted octanol–water partition coefficient (Wildman–Crippen LogP) is 0.859. The number of ether oxygens (including phenoxy) is 1. The first kappa shape index (κ1) is 9.44. The molecule has 6 heavy (non-hydrogen) atoms. The van der Waals surface area contributed by atoms with Crippen molar-refractivity contribution >= 4 is 29.0 Å². The lowest BCUT2D eigenvalue weighted by atomic mass is 11.5. The van der Waals surface area contributed by atoms with E-state index in [1.165, 1.54) is 7.11 Å². The third kappa shape index (κ3) is 32.3. The number of hydrogen-bond acceptors (Lipinski definition) is 3. The molecule has 0 unspecified atom stereocenters. The maximum Gasteiger partial charge on any atom is 0.292 e. The van der Waals surface area contributed by atoms with Gasteiger partial charge < -0.3 is 4.74 Å². The Hall–Kier alpha value is 0.110. The lowest BCUT2D eigenvalue weighted by Gasteiger charge is -1.67. The van der Waals surface area contributed by atoms with Gasteiger partial charge in [-0.1, -0.05) is 11.8 Å². The Morgan fingerprint density at radius 2 is 2.00 bits per heavy atom. The van der Waals surface area contributed by atoms with Crippen LogP contribution < -0.4 is 0 Å². The molecule has 0 bridgehead atoms. The summed E-state index contributed by atoms with van der Waals surface area (Å²) in [5.41, 5.74) is 0. The topological polar surface area (TPSA) is 26.3 Å². The molecule has 0 atom stereocenters. The van der Waals surface area contributed by atoms with Gasteiger partial charge in [0.15, 0.2) is 0 Å². The Labute approximate surface area is 46.3 Å². The monoisotopic (exact) mass is 128 g/mol. The van der Waals surface area contributed by atoms with Crippen LogP contribution in [-0.4, -0.2) is 13.6 Å². The summed E-state index contributed by atoms with van der Waals surface area (Å²) < 4.78 is 3.86. The van der Waals surface area contributed by atoms with E-state index in [1.807, 2.05) is 0 Å². The fourth-order valence-electron chi connectivity index (χ4n) is 0. The lowest BCUT2D eigenvalue weighted by Crippen LogP contribution is -1.68. The minimum Gasteiger partial charge on any atom is -0.471 e. The van der Waals surface area contributed by atoms with Crippen molar-refractivity contribution in [3.05, 3.63) is 0 Å². The van der Waals surface area contributed by atoms with Gasteiger partial charge in [-0.05, 0) is 10.7 Å². The van der Waals surface area contributed by atoms with Crippen molar-refractivity contribution in [2.75, 3.05) is 7.11 Å². The van der Waals surface area contributed by atoms with Gasteiger partial charge in [-0.25, -0.2) is 0 Å². The van der Waals surface area contributed by atoms with E-state index in [2.05, 4.69) is 27.3 Å². The summed E-state index contributed by atoms with van der Waals surface area (Å²) in [5.74, 6) is 0. The second-order valence-corrected chi connectivity index (χ2v) is 0.332. The van der Waals surface area contributed by atoms with Crippen molar-refractivity contribution < 1.29 is 9.53 Å². The summed E-state index contributed by atoms with van der Waals surface area (Å²) >= 11 is 3.00. The number of hydrogen-bond donors (Lipinski definition) is 1. The first-order valence-electron chi connectivity index (χ1n) is 1.05. The molecule has 0 rings (SSSR count). The molecule has 0 radical (unpaired) electrons. The third-order valence-corrected chi connectivity index (χ3v) is 0.0962. The molecule has 0 heterocycles. The van der Waals surface area contributed by atoms with Crippen molar-refractivity contribution in [2.24, 2.45) is 0 Å². The first-order chi connectivity index (χ1) is 2.91. The molecule has 0 saturated carbocycles. The van der Waals surface area contributed by atoms with Gasteiger partial charge in [-0.2, -0.15) is 0 Å². The number of rotatable bonds is 1. The lowest BCUT2D eigenvalue weighted by molar-refractivity contribution is -0.126. The van der Waals surface area contributed by atoms with Crippen LogP contribution in [0.5, 0.6) is 0 Å². The molecule has 0 aromatic carbocycles. The van der Waals surface area contributed by atoms with E-state index in [1.54, 1.807) is 0 Å². The minimum absolute atomic E-state index is 0.375. The molecular weight excluding hydrogens is 124 g/mol. The van der Waals surface area contributed by atoms with Crippen LogP contribution in [0.4, 0.5) is 0 Å². The van der Waals surface area contributed by atoms with Crippen molar-refractivity contribution in [1.29, 1.82) is 0 Å². The molecule has 0 spiro atoms. The third-order valence-electron chi connectivity index (χ3n) is 0.0962. The summed E-state index contributed by atoms with van der Waals surface area (Å²) in [7, 11) is 5.65. The quantitative estimate of drug-likeness (QED) is 0.419. The molecule has 0 N–H and O–H groups in total. The Kier molecular flexibility index (Phi) is 30.5. The van der Waals surface area contributed by atoms with Crippen molar-refractivity contribution in [3.8, 4) is 0 Å². The highest BCUT2D eigenvalue weighted by atomic mass is 35.7. The van der Waals surface area contributed by atoms with Gasteiger partial charge in [0.25, 0.3) is 6.47 Å². The molecule has 4 heteroatoms. The Morgan fingerprint density at radius 1 is 1.83 bits per heavy atom. The Bertz CT molecular complexity index is 25.5. The molecule has 0 fully saturated rings. The average Bonchev–Trinajstić information content (AvgIpc) is 1.72. The highest BCUT2D eigenvalue weighted by molar-refractivity contribution is 8.05. The Balaban J connectivity index is 0. The molecule has 0 aliphatic carbocycles. The summed E-state index contributed by atoms with van der Waals surface area (Å²) in [5, 5.41) is 0. The van der Waals surface area contributed by atoms with Crippen LogP contribution in [-0.2, 0) is 9.53 Å². The van der Waals surface area contributed by atoms with Crippen LogP contribution >= 0.6 is 22.5 Å². The molecule has 0 aliphatic heterocycles. The molecular formula is C2H5ClO2S. The first-order valence-corrected chi connectivity index (χ1v) is 2.40. The van der Waals surface area contributed by atoms with E-state index in [-0.39, 0.29) is 0 Å². The number of carbonyl (C=O) groups is 1. The zero-order valence-corrected chi connectivity index (χ0v) is 4.87. The molecule has 2 nitrogen and oxygen atoms in total. The van der Waals surface area contributed by atoms with Gasteiger partial charge in [-0.3, -0.25) is 4.79 Å². The highest BCUT2D eigenvalue weighted by Gasteiger charge is 1.44. The maximum atomic E-state index is 8.95. The number of methoxy groups -OCH3 is 1.